The molecule has 0 spiro atoms. The number of amides is 1. The lowest BCUT2D eigenvalue weighted by atomic mass is 10.1. The van der Waals surface area contributed by atoms with E-state index < -0.39 is 22.7 Å². The lowest BCUT2D eigenvalue weighted by Gasteiger charge is -2.05. The van der Waals surface area contributed by atoms with Gasteiger partial charge in [0.05, 0.1) is 6.07 Å². The quantitative estimate of drug-likeness (QED) is 0.597. The summed E-state index contributed by atoms with van der Waals surface area (Å²) in [6.45, 7) is 0. The third-order valence-electron chi connectivity index (χ3n) is 3.06. The Bertz CT molecular complexity index is 720. The minimum Gasteiger partial charge on any atom is -0.481 e. The molecule has 2 rings (SSSR count). The number of hydrogen-bond acceptors (Lipinski definition) is 5. The summed E-state index contributed by atoms with van der Waals surface area (Å²) in [6.07, 6.45) is 1.28. The van der Waals surface area contributed by atoms with Crippen molar-refractivity contribution in [1.29, 1.82) is 0 Å². The molecule has 120 valence electrons. The molecular weight excluding hydrogens is 304 g/mol. The molecule has 2 aromatic rings. The number of hydrogen-bond donors (Lipinski definition) is 2. The third-order valence-corrected chi connectivity index (χ3v) is 3.06. The van der Waals surface area contributed by atoms with E-state index in [9.17, 15) is 19.7 Å². The van der Waals surface area contributed by atoms with Crippen molar-refractivity contribution in [1.82, 2.24) is 0 Å². The Morgan fingerprint density at radius 3 is 2.43 bits per heavy atom. The fraction of sp³-hybridized carbons (Fsp3) is 0.200. The molecule has 8 heteroatoms. The van der Waals surface area contributed by atoms with Crippen LogP contribution in [0.25, 0.3) is 0 Å². The molecule has 2 N–H and O–H groups in total. The molecule has 1 aromatic carbocycles. The van der Waals surface area contributed by atoms with Crippen molar-refractivity contribution in [3.8, 4) is 0 Å². The van der Waals surface area contributed by atoms with Gasteiger partial charge in [-0.2, -0.15) is 0 Å². The van der Waals surface area contributed by atoms with E-state index >= 15 is 0 Å². The summed E-state index contributed by atoms with van der Waals surface area (Å²) in [7, 11) is 0. The summed E-state index contributed by atoms with van der Waals surface area (Å²) in [5.41, 5.74) is 1.47. The van der Waals surface area contributed by atoms with Crippen LogP contribution in [0.5, 0.6) is 0 Å². The van der Waals surface area contributed by atoms with Crippen molar-refractivity contribution in [3.05, 3.63) is 57.8 Å². The molecule has 0 radical (unpaired) electrons. The van der Waals surface area contributed by atoms with Crippen LogP contribution in [-0.2, 0) is 11.2 Å². The van der Waals surface area contributed by atoms with Gasteiger partial charge >= 0.3 is 11.9 Å². The third kappa shape index (κ3) is 4.67. The van der Waals surface area contributed by atoms with Crippen LogP contribution in [0.1, 0.15) is 29.0 Å². The molecule has 0 aliphatic carbocycles. The lowest BCUT2D eigenvalue weighted by molar-refractivity contribution is -0.402. The molecule has 0 atom stereocenters. The Hall–Kier alpha value is -3.16. The summed E-state index contributed by atoms with van der Waals surface area (Å²) >= 11 is 0. The highest BCUT2D eigenvalue weighted by Gasteiger charge is 2.17. The number of nitro groups is 1. The highest BCUT2D eigenvalue weighted by Crippen LogP contribution is 2.18. The second-order valence-electron chi connectivity index (χ2n) is 4.79. The van der Waals surface area contributed by atoms with Crippen molar-refractivity contribution in [2.24, 2.45) is 0 Å². The number of anilines is 1. The first kappa shape index (κ1) is 16.2. The molecule has 0 fully saturated rings. The Morgan fingerprint density at radius 1 is 1.17 bits per heavy atom. The number of furan rings is 1. The maximum Gasteiger partial charge on any atom is 0.433 e. The number of aryl methyl sites for hydroxylation is 1. The maximum absolute atomic E-state index is 11.9. The standard InChI is InChI=1S/C15H14N2O6/c18-14(19)3-1-2-10-4-6-11(7-5-10)16-15(20)12-8-9-13(23-12)17(21)22/h4-9H,1-3H2,(H,16,20)(H,18,19). The fourth-order valence-corrected chi connectivity index (χ4v) is 1.94. The van der Waals surface area contributed by atoms with Crippen LogP contribution < -0.4 is 5.32 Å². The van der Waals surface area contributed by atoms with Gasteiger partial charge in [0.25, 0.3) is 5.91 Å². The summed E-state index contributed by atoms with van der Waals surface area (Å²) in [6, 6.07) is 9.25. The van der Waals surface area contributed by atoms with Crippen LogP contribution in [0, 0.1) is 10.1 Å². The SMILES string of the molecule is O=C(O)CCCc1ccc(NC(=O)c2ccc([N+](=O)[O-])o2)cc1. The van der Waals surface area contributed by atoms with E-state index in [0.29, 0.717) is 18.5 Å². The van der Waals surface area contributed by atoms with Crippen molar-refractivity contribution in [3.63, 3.8) is 0 Å². The fourth-order valence-electron chi connectivity index (χ4n) is 1.94. The number of nitrogens with zero attached hydrogens (tertiary/aromatic N) is 1. The number of carboxylic acids is 1. The van der Waals surface area contributed by atoms with Crippen LogP contribution >= 0.6 is 0 Å². The number of carbonyl (C=O) groups is 2. The van der Waals surface area contributed by atoms with Gasteiger partial charge < -0.3 is 14.8 Å². The zero-order valence-corrected chi connectivity index (χ0v) is 12.0. The van der Waals surface area contributed by atoms with Crippen LogP contribution in [0.4, 0.5) is 11.6 Å². The average Bonchev–Trinajstić information content (AvgIpc) is 2.99. The van der Waals surface area contributed by atoms with E-state index in [-0.39, 0.29) is 12.2 Å². The summed E-state index contributed by atoms with van der Waals surface area (Å²) in [5.74, 6) is -2.07. The van der Waals surface area contributed by atoms with Gasteiger partial charge in [-0.25, -0.2) is 0 Å². The maximum atomic E-state index is 11.9. The van der Waals surface area contributed by atoms with Crippen molar-refractivity contribution in [2.45, 2.75) is 19.3 Å². The zero-order valence-electron chi connectivity index (χ0n) is 12.0. The molecule has 1 amide bonds. The number of aliphatic carboxylic acids is 1. The Labute approximate surface area is 130 Å². The predicted molar refractivity (Wildman–Crippen MR) is 80.3 cm³/mol. The molecule has 0 aliphatic rings. The smallest absolute Gasteiger partial charge is 0.433 e. The van der Waals surface area contributed by atoms with E-state index in [2.05, 4.69) is 5.32 Å². The van der Waals surface area contributed by atoms with Crippen LogP contribution in [-0.4, -0.2) is 21.9 Å². The minimum absolute atomic E-state index is 0.107. The second kappa shape index (κ2) is 7.21. The highest BCUT2D eigenvalue weighted by molar-refractivity contribution is 6.02. The largest absolute Gasteiger partial charge is 0.481 e. The molecule has 1 heterocycles. The minimum atomic E-state index is -0.832. The molecule has 0 saturated carbocycles. The lowest BCUT2D eigenvalue weighted by Crippen LogP contribution is -2.10. The number of carboxylic acid groups (broad SMARTS) is 1. The van der Waals surface area contributed by atoms with Gasteiger partial charge in [-0.3, -0.25) is 19.7 Å². The average molecular weight is 318 g/mol. The highest BCUT2D eigenvalue weighted by atomic mass is 16.6. The molecule has 23 heavy (non-hydrogen) atoms. The topological polar surface area (TPSA) is 123 Å². The summed E-state index contributed by atoms with van der Waals surface area (Å²) in [5, 5.41) is 21.6. The van der Waals surface area contributed by atoms with Crippen LogP contribution in [0.3, 0.4) is 0 Å². The summed E-state index contributed by atoms with van der Waals surface area (Å²) < 4.78 is 4.81. The number of rotatable bonds is 7. The van der Waals surface area contributed by atoms with Crippen LogP contribution in [0.15, 0.2) is 40.8 Å². The monoisotopic (exact) mass is 318 g/mol. The Kier molecular flexibility index (Phi) is 5.08. The van der Waals surface area contributed by atoms with E-state index in [4.69, 9.17) is 9.52 Å². The van der Waals surface area contributed by atoms with Gasteiger partial charge in [0.15, 0.2) is 5.76 Å². The molecular formula is C15H14N2O6. The van der Waals surface area contributed by atoms with Gasteiger partial charge in [0.1, 0.15) is 4.92 Å². The van der Waals surface area contributed by atoms with Gasteiger partial charge in [-0.15, -0.1) is 0 Å². The van der Waals surface area contributed by atoms with E-state index in [1.54, 1.807) is 24.3 Å². The Morgan fingerprint density at radius 2 is 1.87 bits per heavy atom. The van der Waals surface area contributed by atoms with Crippen molar-refractivity contribution < 1.29 is 24.0 Å². The summed E-state index contributed by atoms with van der Waals surface area (Å²) in [4.78, 5) is 32.1. The predicted octanol–water partition coefficient (Wildman–Crippen LogP) is 2.85. The van der Waals surface area contributed by atoms with E-state index in [0.717, 1.165) is 11.6 Å². The van der Waals surface area contributed by atoms with E-state index in [1.807, 2.05) is 0 Å². The first-order chi connectivity index (χ1) is 11.0. The van der Waals surface area contributed by atoms with Gasteiger partial charge in [-0.1, -0.05) is 12.1 Å². The second-order valence-corrected chi connectivity index (χ2v) is 4.79. The zero-order chi connectivity index (χ0) is 16.8. The van der Waals surface area contributed by atoms with Crippen molar-refractivity contribution >= 4 is 23.4 Å². The van der Waals surface area contributed by atoms with E-state index in [1.165, 1.54) is 6.07 Å². The number of nitrogens with one attached hydrogen (secondary N) is 1. The molecule has 0 saturated heterocycles. The Balaban J connectivity index is 1.93. The van der Waals surface area contributed by atoms with Crippen molar-refractivity contribution in [2.75, 3.05) is 5.32 Å². The molecule has 1 aromatic heterocycles. The first-order valence-corrected chi connectivity index (χ1v) is 6.82. The first-order valence-electron chi connectivity index (χ1n) is 6.82. The normalized spacial score (nSPS) is 10.3. The van der Waals surface area contributed by atoms with Gasteiger partial charge in [0.2, 0.25) is 0 Å². The molecule has 8 nitrogen and oxygen atoms in total. The van der Waals surface area contributed by atoms with Gasteiger partial charge in [0, 0.05) is 12.1 Å². The molecule has 0 bridgehead atoms. The molecule has 0 unspecified atom stereocenters. The number of benzene rings is 1. The van der Waals surface area contributed by atoms with Crippen LogP contribution in [0.2, 0.25) is 0 Å². The van der Waals surface area contributed by atoms with Gasteiger partial charge in [-0.05, 0) is 36.6 Å². The number of carbonyl (C=O) groups excluding carboxylic acids is 1. The molecule has 0 aliphatic heterocycles.